The van der Waals surface area contributed by atoms with Crippen LogP contribution in [0.3, 0.4) is 0 Å². The summed E-state index contributed by atoms with van der Waals surface area (Å²) >= 11 is 1.44. The van der Waals surface area contributed by atoms with Crippen LogP contribution in [0.4, 0.5) is 5.69 Å². The number of nitrogens with two attached hydrogens (primary N) is 1. The zero-order valence-electron chi connectivity index (χ0n) is 10.2. The number of aryl methyl sites for hydroxylation is 1. The predicted octanol–water partition coefficient (Wildman–Crippen LogP) is 1.94. The Morgan fingerprint density at radius 2 is 2.18 bits per heavy atom. The quantitative estimate of drug-likeness (QED) is 0.847. The molecule has 4 nitrogen and oxygen atoms in total. The number of nitrogen functional groups attached to an aromatic ring is 1. The standard InChI is InChI=1S/C12H18N2O2S/c1-8-9(13)7-10(17-8)11(15)14-12(2)3-5-16-6-4-12/h7H,3-6,13H2,1-2H3,(H,14,15). The van der Waals surface area contributed by atoms with E-state index in [-0.39, 0.29) is 11.4 Å². The SMILES string of the molecule is Cc1sc(C(=O)NC2(C)CCOCC2)cc1N. The molecule has 1 aromatic rings. The van der Waals surface area contributed by atoms with Crippen LogP contribution in [0.15, 0.2) is 6.07 Å². The molecule has 0 saturated carbocycles. The van der Waals surface area contributed by atoms with Crippen molar-refractivity contribution in [1.29, 1.82) is 0 Å². The molecule has 2 rings (SSSR count). The predicted molar refractivity (Wildman–Crippen MR) is 69.4 cm³/mol. The maximum Gasteiger partial charge on any atom is 0.261 e. The molecule has 3 N–H and O–H groups in total. The van der Waals surface area contributed by atoms with E-state index in [0.717, 1.165) is 17.7 Å². The number of anilines is 1. The molecule has 1 aromatic heterocycles. The van der Waals surface area contributed by atoms with Crippen molar-refractivity contribution in [3.8, 4) is 0 Å². The summed E-state index contributed by atoms with van der Waals surface area (Å²) in [4.78, 5) is 13.8. The number of amides is 1. The van der Waals surface area contributed by atoms with Crippen molar-refractivity contribution < 1.29 is 9.53 Å². The molecular formula is C12H18N2O2S. The fourth-order valence-corrected chi connectivity index (χ4v) is 2.73. The highest BCUT2D eigenvalue weighted by atomic mass is 32.1. The van der Waals surface area contributed by atoms with E-state index in [0.29, 0.717) is 23.8 Å². The molecule has 0 aliphatic carbocycles. The Bertz CT molecular complexity index is 403. The van der Waals surface area contributed by atoms with Gasteiger partial charge in [-0.25, -0.2) is 0 Å². The van der Waals surface area contributed by atoms with Crippen molar-refractivity contribution in [3.63, 3.8) is 0 Å². The summed E-state index contributed by atoms with van der Waals surface area (Å²) < 4.78 is 5.31. The summed E-state index contributed by atoms with van der Waals surface area (Å²) in [5.41, 5.74) is 6.30. The lowest BCUT2D eigenvalue weighted by Gasteiger charge is -2.34. The molecule has 0 radical (unpaired) electrons. The molecule has 1 aliphatic heterocycles. The van der Waals surface area contributed by atoms with E-state index < -0.39 is 0 Å². The third kappa shape index (κ3) is 2.79. The first-order chi connectivity index (χ1) is 8.00. The lowest BCUT2D eigenvalue weighted by molar-refractivity contribution is 0.0424. The topological polar surface area (TPSA) is 64.3 Å². The van der Waals surface area contributed by atoms with Gasteiger partial charge in [0.15, 0.2) is 0 Å². The molecular weight excluding hydrogens is 236 g/mol. The Kier molecular flexibility index (Phi) is 3.40. The molecule has 0 aromatic carbocycles. The van der Waals surface area contributed by atoms with Gasteiger partial charge >= 0.3 is 0 Å². The van der Waals surface area contributed by atoms with Crippen LogP contribution in [0.1, 0.15) is 34.3 Å². The van der Waals surface area contributed by atoms with Crippen LogP contribution >= 0.6 is 11.3 Å². The van der Waals surface area contributed by atoms with Crippen LogP contribution in [0.25, 0.3) is 0 Å². The normalized spacial score (nSPS) is 18.9. The molecule has 94 valence electrons. The highest BCUT2D eigenvalue weighted by Crippen LogP contribution is 2.25. The van der Waals surface area contributed by atoms with Crippen molar-refractivity contribution >= 4 is 22.9 Å². The van der Waals surface area contributed by atoms with E-state index in [4.69, 9.17) is 10.5 Å². The van der Waals surface area contributed by atoms with Crippen molar-refractivity contribution in [1.82, 2.24) is 5.32 Å². The van der Waals surface area contributed by atoms with Crippen molar-refractivity contribution in [2.45, 2.75) is 32.2 Å². The number of ether oxygens (including phenoxy) is 1. The number of hydrogen-bond donors (Lipinski definition) is 2. The van der Waals surface area contributed by atoms with Gasteiger partial charge in [0.05, 0.1) is 4.88 Å². The van der Waals surface area contributed by atoms with Crippen LogP contribution in [-0.2, 0) is 4.74 Å². The third-order valence-electron chi connectivity index (χ3n) is 3.19. The largest absolute Gasteiger partial charge is 0.398 e. The zero-order chi connectivity index (χ0) is 12.5. The smallest absolute Gasteiger partial charge is 0.261 e. The number of hydrogen-bond acceptors (Lipinski definition) is 4. The van der Waals surface area contributed by atoms with Gasteiger partial charge in [-0.2, -0.15) is 0 Å². The summed E-state index contributed by atoms with van der Waals surface area (Å²) in [6.07, 6.45) is 1.72. The summed E-state index contributed by atoms with van der Waals surface area (Å²) in [6, 6.07) is 1.75. The van der Waals surface area contributed by atoms with Crippen LogP contribution in [0.2, 0.25) is 0 Å². The van der Waals surface area contributed by atoms with Crippen LogP contribution in [0.5, 0.6) is 0 Å². The summed E-state index contributed by atoms with van der Waals surface area (Å²) in [5.74, 6) is -0.0285. The highest BCUT2D eigenvalue weighted by Gasteiger charge is 2.29. The molecule has 0 atom stereocenters. The van der Waals surface area contributed by atoms with Crippen LogP contribution < -0.4 is 11.1 Å². The van der Waals surface area contributed by atoms with Gasteiger partial charge in [0.1, 0.15) is 0 Å². The van der Waals surface area contributed by atoms with Crippen molar-refractivity contribution in [2.75, 3.05) is 18.9 Å². The Hall–Kier alpha value is -1.07. The van der Waals surface area contributed by atoms with Crippen molar-refractivity contribution in [2.24, 2.45) is 0 Å². The van der Waals surface area contributed by atoms with Gasteiger partial charge in [-0.05, 0) is 32.8 Å². The fraction of sp³-hybridized carbons (Fsp3) is 0.583. The first-order valence-electron chi connectivity index (χ1n) is 5.76. The lowest BCUT2D eigenvalue weighted by Crippen LogP contribution is -2.49. The Balaban J connectivity index is 2.05. The lowest BCUT2D eigenvalue weighted by atomic mass is 9.92. The van der Waals surface area contributed by atoms with E-state index in [9.17, 15) is 4.79 Å². The Morgan fingerprint density at radius 1 is 1.53 bits per heavy atom. The maximum absolute atomic E-state index is 12.1. The molecule has 1 amide bonds. The first kappa shape index (κ1) is 12.4. The Labute approximate surface area is 105 Å². The monoisotopic (exact) mass is 254 g/mol. The molecule has 2 heterocycles. The van der Waals surface area contributed by atoms with Gasteiger partial charge in [-0.3, -0.25) is 4.79 Å². The minimum Gasteiger partial charge on any atom is -0.398 e. The van der Waals surface area contributed by atoms with Crippen LogP contribution in [0, 0.1) is 6.92 Å². The molecule has 1 aliphatic rings. The van der Waals surface area contributed by atoms with Crippen LogP contribution in [-0.4, -0.2) is 24.7 Å². The second-order valence-corrected chi connectivity index (χ2v) is 6.01. The second-order valence-electron chi connectivity index (χ2n) is 4.75. The van der Waals surface area contributed by atoms with E-state index >= 15 is 0 Å². The van der Waals surface area contributed by atoms with Gasteiger partial charge in [0.2, 0.25) is 0 Å². The number of nitrogens with one attached hydrogen (secondary N) is 1. The molecule has 0 unspecified atom stereocenters. The fourth-order valence-electron chi connectivity index (χ4n) is 1.89. The van der Waals surface area contributed by atoms with E-state index in [1.54, 1.807) is 6.07 Å². The average molecular weight is 254 g/mol. The van der Waals surface area contributed by atoms with Gasteiger partial charge in [-0.15, -0.1) is 11.3 Å². The van der Waals surface area contributed by atoms with E-state index in [1.165, 1.54) is 11.3 Å². The zero-order valence-corrected chi connectivity index (χ0v) is 11.0. The summed E-state index contributed by atoms with van der Waals surface area (Å²) in [5, 5.41) is 3.09. The number of carbonyl (C=O) groups excluding carboxylic acids is 1. The third-order valence-corrected chi connectivity index (χ3v) is 4.26. The molecule has 1 saturated heterocycles. The molecule has 0 bridgehead atoms. The van der Waals surface area contributed by atoms with Gasteiger partial charge in [0.25, 0.3) is 5.91 Å². The number of rotatable bonds is 2. The second kappa shape index (κ2) is 4.66. The summed E-state index contributed by atoms with van der Waals surface area (Å²) in [6.45, 7) is 5.41. The maximum atomic E-state index is 12.1. The van der Waals surface area contributed by atoms with Gasteiger partial charge in [-0.1, -0.05) is 0 Å². The number of carbonyl (C=O) groups is 1. The molecule has 0 spiro atoms. The van der Waals surface area contributed by atoms with Gasteiger partial charge < -0.3 is 15.8 Å². The minimum atomic E-state index is -0.151. The Morgan fingerprint density at radius 3 is 2.71 bits per heavy atom. The molecule has 1 fully saturated rings. The molecule has 5 heteroatoms. The molecule has 17 heavy (non-hydrogen) atoms. The van der Waals surface area contributed by atoms with Crippen molar-refractivity contribution in [3.05, 3.63) is 15.8 Å². The van der Waals surface area contributed by atoms with Gasteiger partial charge in [0, 0.05) is 29.3 Å². The first-order valence-corrected chi connectivity index (χ1v) is 6.58. The van der Waals surface area contributed by atoms with E-state index in [2.05, 4.69) is 12.2 Å². The average Bonchev–Trinajstić information content (AvgIpc) is 2.60. The van der Waals surface area contributed by atoms with E-state index in [1.807, 2.05) is 6.92 Å². The number of thiophene rings is 1. The minimum absolute atomic E-state index is 0.0285. The summed E-state index contributed by atoms with van der Waals surface area (Å²) in [7, 11) is 0. The highest BCUT2D eigenvalue weighted by molar-refractivity contribution is 7.14.